The largest absolute Gasteiger partial charge is 0.497 e. The van der Waals surface area contributed by atoms with Gasteiger partial charge in [-0.3, -0.25) is 9.59 Å². The molecule has 0 spiro atoms. The highest BCUT2D eigenvalue weighted by atomic mass is 16.5. The lowest BCUT2D eigenvalue weighted by atomic mass is 10.1. The smallest absolute Gasteiger partial charge is 0.272 e. The molecule has 32 heavy (non-hydrogen) atoms. The Labute approximate surface area is 183 Å². The van der Waals surface area contributed by atoms with Gasteiger partial charge in [-0.15, -0.1) is 0 Å². The van der Waals surface area contributed by atoms with Crippen molar-refractivity contribution < 1.29 is 23.7 Å². The van der Waals surface area contributed by atoms with Crippen molar-refractivity contribution in [1.82, 2.24) is 9.97 Å². The fraction of sp³-hybridized carbons (Fsp3) is 0.217. The maximum Gasteiger partial charge on any atom is 0.272 e. The van der Waals surface area contributed by atoms with Gasteiger partial charge in [-0.05, 0) is 29.8 Å². The van der Waals surface area contributed by atoms with E-state index >= 15 is 0 Å². The molecule has 9 heteroatoms. The van der Waals surface area contributed by atoms with E-state index < -0.39 is 11.1 Å². The lowest BCUT2D eigenvalue weighted by Crippen LogP contribution is -2.46. The Morgan fingerprint density at radius 3 is 1.47 bits per heavy atom. The predicted molar refractivity (Wildman–Crippen MR) is 120 cm³/mol. The number of hydrogen-bond acceptors (Lipinski definition) is 7. The molecule has 0 aliphatic carbocycles. The number of hydrogen-bond donors (Lipinski definition) is 2. The number of rotatable bonds is 7. The van der Waals surface area contributed by atoms with E-state index in [1.54, 1.807) is 30.3 Å². The molecular formula is C23H24N2O7. The molecule has 0 aliphatic heterocycles. The van der Waals surface area contributed by atoms with Gasteiger partial charge in [-0.1, -0.05) is 0 Å². The molecule has 0 saturated heterocycles. The first-order valence-corrected chi connectivity index (χ1v) is 9.51. The molecule has 3 rings (SSSR count). The summed E-state index contributed by atoms with van der Waals surface area (Å²) in [6, 6.07) is 8.44. The fourth-order valence-corrected chi connectivity index (χ4v) is 3.09. The third-order valence-electron chi connectivity index (χ3n) is 4.71. The van der Waals surface area contributed by atoms with Crippen LogP contribution in [-0.2, 0) is 0 Å². The van der Waals surface area contributed by atoms with Crippen LogP contribution in [0, 0.1) is 0 Å². The number of ether oxygens (including phenoxy) is 5. The Kier molecular flexibility index (Phi) is 6.89. The van der Waals surface area contributed by atoms with Gasteiger partial charge in [0.2, 0.25) is 0 Å². The van der Waals surface area contributed by atoms with Crippen molar-refractivity contribution in [2.45, 2.75) is 0 Å². The van der Waals surface area contributed by atoms with Crippen LogP contribution < -0.4 is 45.5 Å². The van der Waals surface area contributed by atoms with Crippen molar-refractivity contribution >= 4 is 12.2 Å². The summed E-state index contributed by atoms with van der Waals surface area (Å²) in [7, 11) is 7.55. The Morgan fingerprint density at radius 1 is 0.594 bits per heavy atom. The lowest BCUT2D eigenvalue weighted by Gasteiger charge is -2.12. The van der Waals surface area contributed by atoms with E-state index in [-0.39, 0.29) is 10.7 Å². The lowest BCUT2D eigenvalue weighted by molar-refractivity contribution is 0.374. The summed E-state index contributed by atoms with van der Waals surface area (Å²) in [4.78, 5) is 30.6. The van der Waals surface area contributed by atoms with Crippen molar-refractivity contribution in [3.8, 4) is 28.7 Å². The van der Waals surface area contributed by atoms with Crippen molar-refractivity contribution in [2.75, 3.05) is 35.5 Å². The molecule has 168 valence electrons. The maximum atomic E-state index is 12.7. The third kappa shape index (κ3) is 4.77. The van der Waals surface area contributed by atoms with E-state index in [1.807, 2.05) is 0 Å². The second-order valence-corrected chi connectivity index (χ2v) is 6.62. The highest BCUT2D eigenvalue weighted by Gasteiger charge is 2.12. The number of benzene rings is 2. The van der Waals surface area contributed by atoms with E-state index in [1.165, 1.54) is 47.7 Å². The molecule has 0 unspecified atom stereocenters. The molecule has 2 aromatic carbocycles. The average Bonchev–Trinajstić information content (AvgIpc) is 2.81. The molecule has 0 amide bonds. The minimum absolute atomic E-state index is 0.0390. The predicted octanol–water partition coefficient (Wildman–Crippen LogP) is 0.764. The van der Waals surface area contributed by atoms with Gasteiger partial charge in [0.05, 0.1) is 41.1 Å². The van der Waals surface area contributed by atoms with Crippen molar-refractivity contribution in [2.24, 2.45) is 0 Å². The first kappa shape index (κ1) is 22.5. The van der Waals surface area contributed by atoms with Gasteiger partial charge in [0.1, 0.15) is 39.4 Å². The van der Waals surface area contributed by atoms with Crippen molar-refractivity contribution in [3.63, 3.8) is 0 Å². The molecule has 0 bridgehead atoms. The first-order chi connectivity index (χ1) is 15.4. The maximum absolute atomic E-state index is 12.7. The average molecular weight is 440 g/mol. The second-order valence-electron chi connectivity index (χ2n) is 6.62. The van der Waals surface area contributed by atoms with Gasteiger partial charge in [0, 0.05) is 18.2 Å². The molecular weight excluding hydrogens is 416 g/mol. The summed E-state index contributed by atoms with van der Waals surface area (Å²) in [5.41, 5.74) is 0.124. The molecule has 1 heterocycles. The van der Waals surface area contributed by atoms with Crippen LogP contribution in [0.2, 0.25) is 0 Å². The van der Waals surface area contributed by atoms with Crippen LogP contribution in [0.5, 0.6) is 28.7 Å². The first-order valence-electron chi connectivity index (χ1n) is 9.51. The number of aromatic amines is 2. The van der Waals surface area contributed by atoms with Crippen molar-refractivity contribution in [3.05, 3.63) is 72.9 Å². The normalized spacial score (nSPS) is 11.9. The van der Waals surface area contributed by atoms with Gasteiger partial charge in [-0.25, -0.2) is 0 Å². The third-order valence-corrected chi connectivity index (χ3v) is 4.71. The summed E-state index contributed by atoms with van der Waals surface area (Å²) >= 11 is 0. The van der Waals surface area contributed by atoms with Crippen molar-refractivity contribution in [1.29, 1.82) is 0 Å². The summed E-state index contributed by atoms with van der Waals surface area (Å²) in [5.74, 6) is 2.47. The Hall–Kier alpha value is -4.14. The summed E-state index contributed by atoms with van der Waals surface area (Å²) in [6.45, 7) is 0. The summed E-state index contributed by atoms with van der Waals surface area (Å²) in [6.07, 6.45) is 3.01. The standard InChI is InChI=1S/C23H24N2O7/c1-28-14-6-13(7-15(9-14)29-2)8-18-22(26)25-19(23(27)24-18)12-17-20(31-4)10-16(30-3)11-21(17)32-5/h6-12H,1-5H3,(H,24,27)(H,25,26)/b18-8+,19-12-. The van der Waals surface area contributed by atoms with Gasteiger partial charge in [-0.2, -0.15) is 0 Å². The molecule has 0 radical (unpaired) electrons. The van der Waals surface area contributed by atoms with Crippen LogP contribution in [0.3, 0.4) is 0 Å². The number of H-pyrrole nitrogens is 2. The number of aromatic nitrogens is 2. The van der Waals surface area contributed by atoms with E-state index in [4.69, 9.17) is 23.7 Å². The van der Waals surface area contributed by atoms with Crippen LogP contribution in [0.25, 0.3) is 12.2 Å². The zero-order valence-corrected chi connectivity index (χ0v) is 18.4. The molecule has 1 aromatic heterocycles. The quantitative estimate of drug-likeness (QED) is 0.558. The molecule has 0 atom stereocenters. The second kappa shape index (κ2) is 9.78. The van der Waals surface area contributed by atoms with E-state index in [0.29, 0.717) is 39.9 Å². The Balaban J connectivity index is 2.18. The van der Waals surface area contributed by atoms with Crippen LogP contribution in [0.4, 0.5) is 0 Å². The molecule has 3 aromatic rings. The summed E-state index contributed by atoms with van der Waals surface area (Å²) in [5, 5.41) is 0.119. The molecule has 2 N–H and O–H groups in total. The monoisotopic (exact) mass is 440 g/mol. The SMILES string of the molecule is COc1cc(/C=c2/[nH]c(=O)/c(=C/c3c(OC)cc(OC)cc3OC)[nH]c2=O)cc(OC)c1. The zero-order valence-electron chi connectivity index (χ0n) is 18.4. The van der Waals surface area contributed by atoms with E-state index in [2.05, 4.69) is 9.97 Å². The van der Waals surface area contributed by atoms with Gasteiger partial charge in [0.25, 0.3) is 11.1 Å². The number of nitrogens with one attached hydrogen (secondary N) is 2. The fourth-order valence-electron chi connectivity index (χ4n) is 3.09. The molecule has 0 fully saturated rings. The minimum Gasteiger partial charge on any atom is -0.497 e. The molecule has 9 nitrogen and oxygen atoms in total. The highest BCUT2D eigenvalue weighted by molar-refractivity contribution is 5.66. The Morgan fingerprint density at radius 2 is 1.03 bits per heavy atom. The van der Waals surface area contributed by atoms with E-state index in [0.717, 1.165) is 0 Å². The van der Waals surface area contributed by atoms with Crippen LogP contribution in [-0.4, -0.2) is 45.5 Å². The molecule has 0 saturated carbocycles. The van der Waals surface area contributed by atoms with Gasteiger partial charge < -0.3 is 33.7 Å². The van der Waals surface area contributed by atoms with E-state index in [9.17, 15) is 9.59 Å². The highest BCUT2D eigenvalue weighted by Crippen LogP contribution is 2.34. The summed E-state index contributed by atoms with van der Waals surface area (Å²) < 4.78 is 26.5. The molecule has 0 aliphatic rings. The Bertz CT molecular complexity index is 1310. The van der Waals surface area contributed by atoms with Crippen LogP contribution in [0.1, 0.15) is 11.1 Å². The van der Waals surface area contributed by atoms with Crippen LogP contribution >= 0.6 is 0 Å². The van der Waals surface area contributed by atoms with Gasteiger partial charge >= 0.3 is 0 Å². The van der Waals surface area contributed by atoms with Crippen LogP contribution in [0.15, 0.2) is 39.9 Å². The zero-order chi connectivity index (χ0) is 23.3. The number of methoxy groups -OCH3 is 5. The minimum atomic E-state index is -0.495. The van der Waals surface area contributed by atoms with Gasteiger partial charge in [0.15, 0.2) is 0 Å². The topological polar surface area (TPSA) is 112 Å².